The average molecular weight is 254 g/mol. The van der Waals surface area contributed by atoms with Crippen molar-refractivity contribution in [3.63, 3.8) is 0 Å². The number of rotatable bonds is 5. The molecule has 0 saturated carbocycles. The molecule has 0 aliphatic rings. The number of hydrogen-bond acceptors (Lipinski definition) is 6. The fraction of sp³-hybridized carbons (Fsp3) is 0.250. The van der Waals surface area contributed by atoms with E-state index in [1.54, 1.807) is 0 Å². The molecule has 1 atom stereocenters. The second-order valence-electron chi connectivity index (χ2n) is 3.55. The van der Waals surface area contributed by atoms with Crippen molar-refractivity contribution >= 4 is 12.0 Å². The second-order valence-corrected chi connectivity index (χ2v) is 3.55. The zero-order valence-electron chi connectivity index (χ0n) is 9.48. The molecule has 0 saturated heterocycles. The summed E-state index contributed by atoms with van der Waals surface area (Å²) in [6, 6.07) is 4.07. The van der Waals surface area contributed by atoms with Crippen LogP contribution in [0.15, 0.2) is 24.3 Å². The van der Waals surface area contributed by atoms with Crippen LogP contribution in [-0.2, 0) is 9.53 Å². The summed E-state index contributed by atoms with van der Waals surface area (Å²) >= 11 is 0. The molecule has 1 aromatic carbocycles. The number of ether oxygens (including phenoxy) is 1. The first-order chi connectivity index (χ1) is 8.52. The zero-order valence-corrected chi connectivity index (χ0v) is 9.48. The third-order valence-electron chi connectivity index (χ3n) is 2.04. The number of esters is 1. The SMILES string of the molecule is O=C(/C=C/c1ccc(O)c(O)c1)OC[C@H](O)CO. The maximum Gasteiger partial charge on any atom is 0.330 e. The van der Waals surface area contributed by atoms with Gasteiger partial charge in [0.1, 0.15) is 12.7 Å². The van der Waals surface area contributed by atoms with Crippen molar-refractivity contribution in [2.45, 2.75) is 6.10 Å². The van der Waals surface area contributed by atoms with Crippen LogP contribution in [0.2, 0.25) is 0 Å². The van der Waals surface area contributed by atoms with Crippen LogP contribution in [0.4, 0.5) is 0 Å². The molecular formula is C12H14O6. The van der Waals surface area contributed by atoms with Gasteiger partial charge >= 0.3 is 5.97 Å². The predicted molar refractivity (Wildman–Crippen MR) is 62.9 cm³/mol. The maximum atomic E-state index is 11.2. The summed E-state index contributed by atoms with van der Waals surface area (Å²) in [5, 5.41) is 35.7. The molecule has 0 radical (unpaired) electrons. The Hall–Kier alpha value is -2.05. The van der Waals surface area contributed by atoms with Gasteiger partial charge in [0.25, 0.3) is 0 Å². The van der Waals surface area contributed by atoms with Gasteiger partial charge in [0.15, 0.2) is 11.5 Å². The fourth-order valence-electron chi connectivity index (χ4n) is 1.09. The topological polar surface area (TPSA) is 107 Å². The van der Waals surface area contributed by atoms with Crippen molar-refractivity contribution in [2.24, 2.45) is 0 Å². The van der Waals surface area contributed by atoms with E-state index in [0.717, 1.165) is 6.08 Å². The Morgan fingerprint density at radius 1 is 1.33 bits per heavy atom. The van der Waals surface area contributed by atoms with Gasteiger partial charge in [-0.3, -0.25) is 0 Å². The van der Waals surface area contributed by atoms with Gasteiger partial charge in [-0.25, -0.2) is 4.79 Å². The first-order valence-electron chi connectivity index (χ1n) is 5.18. The van der Waals surface area contributed by atoms with E-state index < -0.39 is 18.7 Å². The molecule has 0 unspecified atom stereocenters. The molecule has 0 aliphatic heterocycles. The van der Waals surface area contributed by atoms with Gasteiger partial charge in [-0.15, -0.1) is 0 Å². The average Bonchev–Trinajstić information content (AvgIpc) is 2.37. The van der Waals surface area contributed by atoms with Crippen LogP contribution in [0.3, 0.4) is 0 Å². The highest BCUT2D eigenvalue weighted by Crippen LogP contribution is 2.25. The van der Waals surface area contributed by atoms with Gasteiger partial charge in [0.2, 0.25) is 0 Å². The molecule has 0 bridgehead atoms. The molecule has 0 aliphatic carbocycles. The Morgan fingerprint density at radius 3 is 2.67 bits per heavy atom. The molecule has 4 N–H and O–H groups in total. The van der Waals surface area contributed by atoms with Crippen molar-refractivity contribution in [1.82, 2.24) is 0 Å². The highest BCUT2D eigenvalue weighted by molar-refractivity contribution is 5.87. The Kier molecular flexibility index (Phi) is 5.16. The van der Waals surface area contributed by atoms with Crippen molar-refractivity contribution in [3.8, 4) is 11.5 Å². The first-order valence-corrected chi connectivity index (χ1v) is 5.18. The van der Waals surface area contributed by atoms with E-state index in [-0.39, 0.29) is 18.1 Å². The second kappa shape index (κ2) is 6.63. The molecule has 1 aromatic rings. The van der Waals surface area contributed by atoms with Crippen LogP contribution in [0, 0.1) is 0 Å². The molecule has 0 heterocycles. The minimum Gasteiger partial charge on any atom is -0.504 e. The Bertz CT molecular complexity index is 440. The van der Waals surface area contributed by atoms with E-state index in [0.29, 0.717) is 5.56 Å². The Morgan fingerprint density at radius 2 is 2.06 bits per heavy atom. The van der Waals surface area contributed by atoms with Crippen LogP contribution in [-0.4, -0.2) is 45.7 Å². The third kappa shape index (κ3) is 4.44. The molecule has 18 heavy (non-hydrogen) atoms. The van der Waals surface area contributed by atoms with Gasteiger partial charge in [-0.05, 0) is 23.8 Å². The van der Waals surface area contributed by atoms with Crippen LogP contribution >= 0.6 is 0 Å². The lowest BCUT2D eigenvalue weighted by molar-refractivity contribution is -0.141. The van der Waals surface area contributed by atoms with E-state index in [1.165, 1.54) is 24.3 Å². The Labute approximate surface area is 103 Å². The Balaban J connectivity index is 2.53. The van der Waals surface area contributed by atoms with Gasteiger partial charge < -0.3 is 25.2 Å². The molecule has 1 rings (SSSR count). The summed E-state index contributed by atoms with van der Waals surface area (Å²) in [4.78, 5) is 11.2. The maximum absolute atomic E-state index is 11.2. The molecule has 0 amide bonds. The van der Waals surface area contributed by atoms with E-state index >= 15 is 0 Å². The number of phenolic OH excluding ortho intramolecular Hbond substituents is 2. The summed E-state index contributed by atoms with van der Waals surface area (Å²) in [5.41, 5.74) is 0.505. The van der Waals surface area contributed by atoms with Crippen LogP contribution in [0.5, 0.6) is 11.5 Å². The largest absolute Gasteiger partial charge is 0.504 e. The highest BCUT2D eigenvalue weighted by atomic mass is 16.5. The van der Waals surface area contributed by atoms with Crippen LogP contribution in [0.1, 0.15) is 5.56 Å². The van der Waals surface area contributed by atoms with E-state index in [4.69, 9.17) is 15.3 Å². The van der Waals surface area contributed by atoms with Crippen LogP contribution in [0.25, 0.3) is 6.08 Å². The molecule has 0 fully saturated rings. The van der Waals surface area contributed by atoms with Crippen molar-refractivity contribution in [2.75, 3.05) is 13.2 Å². The van der Waals surface area contributed by atoms with Gasteiger partial charge in [-0.2, -0.15) is 0 Å². The normalized spacial score (nSPS) is 12.6. The minimum atomic E-state index is -1.10. The number of carbonyl (C=O) groups excluding carboxylic acids is 1. The summed E-state index contributed by atoms with van der Waals surface area (Å²) < 4.78 is 4.62. The van der Waals surface area contributed by atoms with E-state index in [2.05, 4.69) is 4.74 Å². The molecule has 0 spiro atoms. The van der Waals surface area contributed by atoms with Gasteiger partial charge in [0, 0.05) is 6.08 Å². The lowest BCUT2D eigenvalue weighted by Gasteiger charge is -2.06. The predicted octanol–water partition coefficient (Wildman–Crippen LogP) is 0.00740. The summed E-state index contributed by atoms with van der Waals surface area (Å²) in [7, 11) is 0. The number of aromatic hydroxyl groups is 2. The summed E-state index contributed by atoms with van der Waals surface area (Å²) in [6.45, 7) is -0.774. The van der Waals surface area contributed by atoms with Gasteiger partial charge in [0.05, 0.1) is 6.61 Å². The number of carbonyl (C=O) groups is 1. The number of hydrogen-bond donors (Lipinski definition) is 4. The van der Waals surface area contributed by atoms with Crippen LogP contribution < -0.4 is 0 Å². The summed E-state index contributed by atoms with van der Waals surface area (Å²) in [6.07, 6.45) is 1.39. The van der Waals surface area contributed by atoms with E-state index in [1.807, 2.05) is 0 Å². The molecule has 0 aromatic heterocycles. The number of aliphatic hydroxyl groups is 2. The lowest BCUT2D eigenvalue weighted by atomic mass is 10.2. The van der Waals surface area contributed by atoms with Crippen molar-refractivity contribution in [3.05, 3.63) is 29.8 Å². The number of benzene rings is 1. The quantitative estimate of drug-likeness (QED) is 0.335. The minimum absolute atomic E-state index is 0.249. The zero-order chi connectivity index (χ0) is 13.5. The van der Waals surface area contributed by atoms with Crippen molar-refractivity contribution < 1.29 is 30.0 Å². The standard InChI is InChI=1S/C12H14O6/c13-6-9(14)7-18-12(17)4-2-8-1-3-10(15)11(16)5-8/h1-5,9,13-16H,6-7H2/b4-2+/t9-/m1/s1. The molecule has 98 valence electrons. The molecule has 6 heteroatoms. The highest BCUT2D eigenvalue weighted by Gasteiger charge is 2.05. The molecular weight excluding hydrogens is 240 g/mol. The van der Waals surface area contributed by atoms with Gasteiger partial charge in [-0.1, -0.05) is 6.07 Å². The number of aliphatic hydroxyl groups excluding tert-OH is 2. The first kappa shape index (κ1) is 14.0. The smallest absolute Gasteiger partial charge is 0.330 e. The third-order valence-corrected chi connectivity index (χ3v) is 2.04. The lowest BCUT2D eigenvalue weighted by Crippen LogP contribution is -2.21. The van der Waals surface area contributed by atoms with Crippen molar-refractivity contribution in [1.29, 1.82) is 0 Å². The fourth-order valence-corrected chi connectivity index (χ4v) is 1.09. The molecule has 6 nitrogen and oxygen atoms in total. The van der Waals surface area contributed by atoms with E-state index in [9.17, 15) is 9.90 Å². The number of phenols is 2. The monoisotopic (exact) mass is 254 g/mol. The summed E-state index contributed by atoms with van der Waals surface area (Å²) in [5.74, 6) is -1.22.